The average Bonchev–Trinajstić information content (AvgIpc) is 3.25. The van der Waals surface area contributed by atoms with Crippen molar-refractivity contribution in [3.63, 3.8) is 0 Å². The van der Waals surface area contributed by atoms with E-state index in [-0.39, 0.29) is 5.97 Å². The summed E-state index contributed by atoms with van der Waals surface area (Å²) in [5.74, 6) is 0.592. The van der Waals surface area contributed by atoms with E-state index in [2.05, 4.69) is 24.1 Å². The van der Waals surface area contributed by atoms with Crippen LogP contribution in [0, 0.1) is 5.92 Å². The second-order valence-electron chi connectivity index (χ2n) is 6.63. The van der Waals surface area contributed by atoms with Gasteiger partial charge in [0.05, 0.1) is 7.11 Å². The molecule has 1 fully saturated rings. The van der Waals surface area contributed by atoms with Gasteiger partial charge in [0.2, 0.25) is 0 Å². The third-order valence-electron chi connectivity index (χ3n) is 4.37. The van der Waals surface area contributed by atoms with Gasteiger partial charge < -0.3 is 15.0 Å². The first-order chi connectivity index (χ1) is 9.42. The summed E-state index contributed by atoms with van der Waals surface area (Å²) in [4.78, 5) is 14.4. The van der Waals surface area contributed by atoms with Gasteiger partial charge in [-0.05, 0) is 65.1 Å². The van der Waals surface area contributed by atoms with Gasteiger partial charge in [-0.3, -0.25) is 4.79 Å². The van der Waals surface area contributed by atoms with Crippen molar-refractivity contribution >= 4 is 5.97 Å². The van der Waals surface area contributed by atoms with Gasteiger partial charge in [0.25, 0.3) is 0 Å². The van der Waals surface area contributed by atoms with Gasteiger partial charge in [-0.25, -0.2) is 0 Å². The summed E-state index contributed by atoms with van der Waals surface area (Å²) >= 11 is 0. The largest absolute Gasteiger partial charge is 0.468 e. The summed E-state index contributed by atoms with van der Waals surface area (Å²) in [5.41, 5.74) is -0.554. The Kier molecular flexibility index (Phi) is 6.96. The smallest absolute Gasteiger partial charge is 0.325 e. The first-order valence-corrected chi connectivity index (χ1v) is 7.94. The molecule has 1 rings (SSSR count). The van der Waals surface area contributed by atoms with Crippen LogP contribution in [0.3, 0.4) is 0 Å². The number of ether oxygens (including phenoxy) is 1. The van der Waals surface area contributed by atoms with Gasteiger partial charge in [0, 0.05) is 6.04 Å². The number of carbonyl (C=O) groups excluding carboxylic acids is 1. The van der Waals surface area contributed by atoms with Gasteiger partial charge in [-0.15, -0.1) is 0 Å². The zero-order chi connectivity index (χ0) is 15.2. The van der Waals surface area contributed by atoms with Crippen LogP contribution in [-0.4, -0.2) is 49.7 Å². The number of methoxy groups -OCH3 is 1. The van der Waals surface area contributed by atoms with Gasteiger partial charge >= 0.3 is 5.97 Å². The van der Waals surface area contributed by atoms with Crippen LogP contribution < -0.4 is 5.32 Å². The highest BCUT2D eigenvalue weighted by Gasteiger charge is 2.33. The number of esters is 1. The predicted octanol–water partition coefficient (Wildman–Crippen LogP) is 2.43. The van der Waals surface area contributed by atoms with Crippen molar-refractivity contribution in [1.29, 1.82) is 0 Å². The lowest BCUT2D eigenvalue weighted by Crippen LogP contribution is -2.48. The molecule has 0 radical (unpaired) electrons. The Labute approximate surface area is 124 Å². The van der Waals surface area contributed by atoms with E-state index < -0.39 is 5.54 Å². The van der Waals surface area contributed by atoms with Gasteiger partial charge in [-0.2, -0.15) is 0 Å². The fourth-order valence-corrected chi connectivity index (χ4v) is 2.53. The molecular weight excluding hydrogens is 252 g/mol. The average molecular weight is 284 g/mol. The Morgan fingerprint density at radius 3 is 2.50 bits per heavy atom. The minimum absolute atomic E-state index is 0.167. The van der Waals surface area contributed by atoms with Crippen molar-refractivity contribution in [2.45, 2.75) is 64.5 Å². The SMILES string of the molecule is CNC(C)(CCCN(CCC(C)C)C1CC1)C(=O)OC. The number of rotatable bonds is 10. The molecule has 1 N–H and O–H groups in total. The van der Waals surface area contributed by atoms with Crippen LogP contribution in [0.1, 0.15) is 52.9 Å². The Morgan fingerprint density at radius 1 is 1.40 bits per heavy atom. The predicted molar refractivity (Wildman–Crippen MR) is 82.8 cm³/mol. The highest BCUT2D eigenvalue weighted by molar-refractivity contribution is 5.80. The van der Waals surface area contributed by atoms with Crippen LogP contribution in [-0.2, 0) is 9.53 Å². The molecular formula is C16H32N2O2. The highest BCUT2D eigenvalue weighted by atomic mass is 16.5. The normalized spacial score (nSPS) is 18.4. The van der Waals surface area contributed by atoms with E-state index in [0.717, 1.165) is 31.3 Å². The van der Waals surface area contributed by atoms with E-state index >= 15 is 0 Å². The zero-order valence-electron chi connectivity index (χ0n) is 13.9. The molecule has 0 heterocycles. The molecule has 1 unspecified atom stereocenters. The summed E-state index contributed by atoms with van der Waals surface area (Å²) in [6.45, 7) is 8.76. The molecule has 1 aliphatic carbocycles. The van der Waals surface area contributed by atoms with Crippen LogP contribution in [0.15, 0.2) is 0 Å². The van der Waals surface area contributed by atoms with Crippen molar-refractivity contribution in [2.24, 2.45) is 5.92 Å². The molecule has 0 aromatic carbocycles. The summed E-state index contributed by atoms with van der Waals surface area (Å²) in [6, 6.07) is 0.799. The Bertz CT molecular complexity index is 303. The summed E-state index contributed by atoms with van der Waals surface area (Å²) in [6.07, 6.45) is 5.80. The number of likely N-dealkylation sites (N-methyl/N-ethyl adjacent to an activating group) is 1. The minimum atomic E-state index is -0.554. The maximum atomic E-state index is 11.8. The molecule has 20 heavy (non-hydrogen) atoms. The van der Waals surface area contributed by atoms with E-state index in [1.807, 2.05) is 14.0 Å². The van der Waals surface area contributed by atoms with Crippen LogP contribution in [0.25, 0.3) is 0 Å². The van der Waals surface area contributed by atoms with E-state index in [1.54, 1.807) is 0 Å². The second-order valence-corrected chi connectivity index (χ2v) is 6.63. The Balaban J connectivity index is 2.37. The fourth-order valence-electron chi connectivity index (χ4n) is 2.53. The first kappa shape index (κ1) is 17.4. The molecule has 0 aromatic rings. The Hall–Kier alpha value is -0.610. The molecule has 0 amide bonds. The lowest BCUT2D eigenvalue weighted by molar-refractivity contribution is -0.148. The van der Waals surface area contributed by atoms with Gasteiger partial charge in [-0.1, -0.05) is 13.8 Å². The third-order valence-corrected chi connectivity index (χ3v) is 4.37. The molecule has 0 spiro atoms. The van der Waals surface area contributed by atoms with Gasteiger partial charge in [0.15, 0.2) is 0 Å². The van der Waals surface area contributed by atoms with Crippen molar-refractivity contribution < 1.29 is 9.53 Å². The van der Waals surface area contributed by atoms with Crippen molar-refractivity contribution in [3.8, 4) is 0 Å². The molecule has 0 aliphatic heterocycles. The van der Waals surface area contributed by atoms with Gasteiger partial charge in [0.1, 0.15) is 5.54 Å². The van der Waals surface area contributed by atoms with Crippen LogP contribution >= 0.6 is 0 Å². The molecule has 0 saturated heterocycles. The number of nitrogens with zero attached hydrogens (tertiary/aromatic N) is 1. The molecule has 0 bridgehead atoms. The number of nitrogens with one attached hydrogen (secondary N) is 1. The lowest BCUT2D eigenvalue weighted by Gasteiger charge is -2.28. The minimum Gasteiger partial charge on any atom is -0.468 e. The maximum Gasteiger partial charge on any atom is 0.325 e. The lowest BCUT2D eigenvalue weighted by atomic mass is 9.96. The quantitative estimate of drug-likeness (QED) is 0.626. The van der Waals surface area contributed by atoms with Crippen molar-refractivity contribution in [3.05, 3.63) is 0 Å². The standard InChI is InChI=1S/C16H32N2O2/c1-13(2)9-12-18(14-7-8-14)11-6-10-16(3,17-4)15(19)20-5/h13-14,17H,6-12H2,1-5H3. The molecule has 0 aromatic heterocycles. The van der Waals surface area contributed by atoms with Crippen LogP contribution in [0.5, 0.6) is 0 Å². The topological polar surface area (TPSA) is 41.6 Å². The molecule has 1 atom stereocenters. The first-order valence-electron chi connectivity index (χ1n) is 7.94. The number of carbonyl (C=O) groups is 1. The van der Waals surface area contributed by atoms with Crippen molar-refractivity contribution in [1.82, 2.24) is 10.2 Å². The fraction of sp³-hybridized carbons (Fsp3) is 0.938. The van der Waals surface area contributed by atoms with Crippen LogP contribution in [0.2, 0.25) is 0 Å². The van der Waals surface area contributed by atoms with Crippen molar-refractivity contribution in [2.75, 3.05) is 27.2 Å². The van der Waals surface area contributed by atoms with Crippen LogP contribution in [0.4, 0.5) is 0 Å². The molecule has 118 valence electrons. The number of hydrogen-bond acceptors (Lipinski definition) is 4. The van der Waals surface area contributed by atoms with E-state index in [9.17, 15) is 4.79 Å². The summed E-state index contributed by atoms with van der Waals surface area (Å²) in [5, 5.41) is 3.10. The summed E-state index contributed by atoms with van der Waals surface area (Å²) < 4.78 is 4.89. The molecule has 1 saturated carbocycles. The van der Waals surface area contributed by atoms with E-state index in [0.29, 0.717) is 0 Å². The maximum absolute atomic E-state index is 11.8. The zero-order valence-corrected chi connectivity index (χ0v) is 13.9. The molecule has 4 heteroatoms. The van der Waals surface area contributed by atoms with E-state index in [1.165, 1.54) is 32.9 Å². The molecule has 4 nitrogen and oxygen atoms in total. The Morgan fingerprint density at radius 2 is 2.05 bits per heavy atom. The monoisotopic (exact) mass is 284 g/mol. The number of hydrogen-bond donors (Lipinski definition) is 1. The second kappa shape index (κ2) is 7.99. The third kappa shape index (κ3) is 5.41. The summed E-state index contributed by atoms with van der Waals surface area (Å²) in [7, 11) is 3.28. The van der Waals surface area contributed by atoms with E-state index in [4.69, 9.17) is 4.74 Å². The highest BCUT2D eigenvalue weighted by Crippen LogP contribution is 2.28. The molecule has 1 aliphatic rings.